The van der Waals surface area contributed by atoms with Gasteiger partial charge in [-0.15, -0.1) is 0 Å². The molecule has 11 heteroatoms. The number of nitrogens with zero attached hydrogens (tertiary/aromatic N) is 1. The van der Waals surface area contributed by atoms with Crippen LogP contribution in [-0.4, -0.2) is 27.8 Å². The molecule has 0 aromatic heterocycles. The molecule has 1 aliphatic rings. The van der Waals surface area contributed by atoms with Gasteiger partial charge in [-0.25, -0.2) is 0 Å². The predicted octanol–water partition coefficient (Wildman–Crippen LogP) is 3.46. The van der Waals surface area contributed by atoms with Gasteiger partial charge in [0, 0.05) is 35.4 Å². The first-order chi connectivity index (χ1) is 16.8. The maximum Gasteiger partial charge on any atom is 0.269 e. The minimum atomic E-state index is -0.548. The lowest BCUT2D eigenvalue weighted by Gasteiger charge is -2.20. The zero-order valence-corrected chi connectivity index (χ0v) is 19.6. The number of non-ortho nitro benzene ring substituents is 1. The number of nitrogens with one attached hydrogen (secondary N) is 4. The first-order valence-corrected chi connectivity index (χ1v) is 11.5. The van der Waals surface area contributed by atoms with Crippen LogP contribution in [0.2, 0.25) is 0 Å². The summed E-state index contributed by atoms with van der Waals surface area (Å²) in [5.74, 6) is -0.982. The molecule has 0 radical (unpaired) electrons. The van der Waals surface area contributed by atoms with Crippen molar-refractivity contribution in [1.29, 1.82) is 0 Å². The summed E-state index contributed by atoms with van der Waals surface area (Å²) in [5, 5.41) is 15.8. The molecule has 0 saturated heterocycles. The third kappa shape index (κ3) is 8.00. The molecule has 0 heterocycles. The molecule has 10 nitrogen and oxygen atoms in total. The number of thiocarbonyl (C=S) groups is 1. The Balaban J connectivity index is 1.42. The van der Waals surface area contributed by atoms with E-state index in [0.717, 1.165) is 25.7 Å². The Morgan fingerprint density at radius 3 is 2.23 bits per heavy atom. The predicted molar refractivity (Wildman–Crippen MR) is 135 cm³/mol. The van der Waals surface area contributed by atoms with Crippen LogP contribution < -0.4 is 21.5 Å². The van der Waals surface area contributed by atoms with Crippen LogP contribution in [0.3, 0.4) is 0 Å². The van der Waals surface area contributed by atoms with Gasteiger partial charge in [-0.2, -0.15) is 0 Å². The highest BCUT2D eigenvalue weighted by molar-refractivity contribution is 7.80. The van der Waals surface area contributed by atoms with Gasteiger partial charge in [0.15, 0.2) is 5.11 Å². The first-order valence-electron chi connectivity index (χ1n) is 11.1. The third-order valence-electron chi connectivity index (χ3n) is 5.45. The Morgan fingerprint density at radius 1 is 0.943 bits per heavy atom. The second-order valence-electron chi connectivity index (χ2n) is 7.98. The largest absolute Gasteiger partial charge is 0.326 e. The molecule has 182 valence electrons. The average molecular weight is 496 g/mol. The Hall–Kier alpha value is -4.12. The molecule has 0 atom stereocenters. The zero-order chi connectivity index (χ0) is 25.2. The maximum absolute atomic E-state index is 12.3. The fourth-order valence-electron chi connectivity index (χ4n) is 3.56. The van der Waals surface area contributed by atoms with Gasteiger partial charge < -0.3 is 5.32 Å². The van der Waals surface area contributed by atoms with Crippen molar-refractivity contribution < 1.29 is 19.3 Å². The summed E-state index contributed by atoms with van der Waals surface area (Å²) in [4.78, 5) is 46.8. The van der Waals surface area contributed by atoms with Gasteiger partial charge >= 0.3 is 0 Å². The van der Waals surface area contributed by atoms with Crippen molar-refractivity contribution in [1.82, 2.24) is 16.2 Å². The number of hydrogen-bond acceptors (Lipinski definition) is 6. The molecule has 35 heavy (non-hydrogen) atoms. The molecule has 0 unspecified atom stereocenters. The zero-order valence-electron chi connectivity index (χ0n) is 18.8. The second-order valence-corrected chi connectivity index (χ2v) is 8.39. The minimum Gasteiger partial charge on any atom is -0.326 e. The van der Waals surface area contributed by atoms with Crippen LogP contribution in [-0.2, 0) is 9.59 Å². The van der Waals surface area contributed by atoms with Crippen molar-refractivity contribution >= 4 is 52.5 Å². The van der Waals surface area contributed by atoms with Gasteiger partial charge in [-0.1, -0.05) is 19.3 Å². The highest BCUT2D eigenvalue weighted by atomic mass is 32.1. The number of hydrazine groups is 1. The summed E-state index contributed by atoms with van der Waals surface area (Å²) in [6.45, 7) is 0. The molecule has 1 saturated carbocycles. The van der Waals surface area contributed by atoms with Crippen molar-refractivity contribution in [3.8, 4) is 0 Å². The number of carbonyl (C=O) groups is 3. The van der Waals surface area contributed by atoms with E-state index in [1.165, 1.54) is 42.8 Å². The highest BCUT2D eigenvalue weighted by Gasteiger charge is 2.21. The molecule has 2 aromatic carbocycles. The lowest BCUT2D eigenvalue weighted by atomic mass is 9.88. The Labute approximate surface area is 207 Å². The van der Waals surface area contributed by atoms with Crippen LogP contribution in [0.4, 0.5) is 11.4 Å². The van der Waals surface area contributed by atoms with Gasteiger partial charge in [0.2, 0.25) is 11.8 Å². The van der Waals surface area contributed by atoms with Crippen LogP contribution >= 0.6 is 12.2 Å². The number of amides is 3. The van der Waals surface area contributed by atoms with E-state index in [1.54, 1.807) is 24.3 Å². The molecule has 1 fully saturated rings. The van der Waals surface area contributed by atoms with Gasteiger partial charge in [-0.05, 0) is 73.1 Å². The van der Waals surface area contributed by atoms with E-state index >= 15 is 0 Å². The molecule has 3 rings (SSSR count). The topological polar surface area (TPSA) is 142 Å². The summed E-state index contributed by atoms with van der Waals surface area (Å²) in [5.41, 5.74) is 6.32. The van der Waals surface area contributed by atoms with Crippen molar-refractivity contribution in [2.45, 2.75) is 32.1 Å². The number of carbonyl (C=O) groups excluding carboxylic acids is 3. The van der Waals surface area contributed by atoms with Crippen LogP contribution in [0.15, 0.2) is 54.6 Å². The van der Waals surface area contributed by atoms with Crippen molar-refractivity contribution in [3.05, 3.63) is 75.8 Å². The summed E-state index contributed by atoms with van der Waals surface area (Å²) < 4.78 is 0. The summed E-state index contributed by atoms with van der Waals surface area (Å²) >= 11 is 4.99. The van der Waals surface area contributed by atoms with Crippen LogP contribution in [0, 0.1) is 16.0 Å². The molecule has 0 aliphatic heterocycles. The van der Waals surface area contributed by atoms with E-state index in [0.29, 0.717) is 16.8 Å². The number of nitro benzene ring substituents is 1. The summed E-state index contributed by atoms with van der Waals surface area (Å²) in [6, 6.07) is 12.1. The van der Waals surface area contributed by atoms with Crippen molar-refractivity contribution in [2.24, 2.45) is 5.92 Å². The van der Waals surface area contributed by atoms with E-state index in [4.69, 9.17) is 12.2 Å². The van der Waals surface area contributed by atoms with Gasteiger partial charge in [-0.3, -0.25) is 40.7 Å². The van der Waals surface area contributed by atoms with Crippen LogP contribution in [0.25, 0.3) is 6.08 Å². The molecular weight excluding hydrogens is 470 g/mol. The average Bonchev–Trinajstić information content (AvgIpc) is 2.87. The second kappa shape index (κ2) is 12.4. The Morgan fingerprint density at radius 2 is 1.60 bits per heavy atom. The van der Waals surface area contributed by atoms with E-state index < -0.39 is 16.7 Å². The molecule has 1 aliphatic carbocycles. The molecule has 2 aromatic rings. The number of benzene rings is 2. The van der Waals surface area contributed by atoms with Crippen molar-refractivity contribution in [2.75, 3.05) is 5.32 Å². The van der Waals surface area contributed by atoms with E-state index in [-0.39, 0.29) is 22.6 Å². The summed E-state index contributed by atoms with van der Waals surface area (Å²) in [7, 11) is 0. The van der Waals surface area contributed by atoms with Crippen LogP contribution in [0.5, 0.6) is 0 Å². The minimum absolute atomic E-state index is 0.00675. The van der Waals surface area contributed by atoms with Crippen molar-refractivity contribution in [3.63, 3.8) is 0 Å². The Bertz CT molecular complexity index is 1130. The number of anilines is 1. The third-order valence-corrected chi connectivity index (χ3v) is 5.65. The van der Waals surface area contributed by atoms with E-state index in [1.807, 2.05) is 0 Å². The standard InChI is InChI=1S/C24H25N5O5S/c30-21(15-8-16-6-13-20(14-7-16)29(33)34)26-24(35)28-27-23(32)18-9-11-19(12-10-18)25-22(31)17-4-2-1-3-5-17/h6-15,17H,1-5H2,(H,25,31)(H,27,32)(H2,26,28,30,35)/b15-8+. The fourth-order valence-corrected chi connectivity index (χ4v) is 3.72. The first kappa shape index (κ1) is 25.5. The quantitative estimate of drug-likeness (QED) is 0.208. The number of rotatable bonds is 6. The van der Waals surface area contributed by atoms with Gasteiger partial charge in [0.05, 0.1) is 4.92 Å². The monoisotopic (exact) mass is 495 g/mol. The SMILES string of the molecule is O=C(/C=C/c1ccc([N+](=O)[O-])cc1)NC(=S)NNC(=O)c1ccc(NC(=O)C2CCCCC2)cc1. The molecule has 0 spiro atoms. The fraction of sp³-hybridized carbons (Fsp3) is 0.250. The summed E-state index contributed by atoms with van der Waals surface area (Å²) in [6.07, 6.45) is 7.80. The van der Waals surface area contributed by atoms with E-state index in [2.05, 4.69) is 21.5 Å². The lowest BCUT2D eigenvalue weighted by molar-refractivity contribution is -0.384. The van der Waals surface area contributed by atoms with E-state index in [9.17, 15) is 24.5 Å². The van der Waals surface area contributed by atoms with Crippen LogP contribution in [0.1, 0.15) is 48.0 Å². The number of hydrogen-bond donors (Lipinski definition) is 4. The Kier molecular flexibility index (Phi) is 9.02. The normalized spacial score (nSPS) is 13.6. The number of nitro groups is 1. The smallest absolute Gasteiger partial charge is 0.269 e. The van der Waals surface area contributed by atoms with Gasteiger partial charge in [0.1, 0.15) is 0 Å². The molecule has 0 bridgehead atoms. The lowest BCUT2D eigenvalue weighted by Crippen LogP contribution is -2.48. The molecule has 4 N–H and O–H groups in total. The molecule has 3 amide bonds. The molecular formula is C24H25N5O5S. The van der Waals surface area contributed by atoms with Gasteiger partial charge in [0.25, 0.3) is 11.6 Å². The highest BCUT2D eigenvalue weighted by Crippen LogP contribution is 2.25. The maximum atomic E-state index is 12.3.